The second-order valence-corrected chi connectivity index (χ2v) is 10.4. The van der Waals surface area contributed by atoms with Gasteiger partial charge in [0.1, 0.15) is 12.1 Å². The van der Waals surface area contributed by atoms with Crippen molar-refractivity contribution in [1.82, 2.24) is 15.5 Å². The maximum atomic E-state index is 13.2. The van der Waals surface area contributed by atoms with Crippen LogP contribution in [0.3, 0.4) is 0 Å². The third-order valence-electron chi connectivity index (χ3n) is 7.52. The number of hydrogen-bond acceptors (Lipinski definition) is 3. The minimum absolute atomic E-state index is 0.196. The fourth-order valence-electron chi connectivity index (χ4n) is 5.36. The van der Waals surface area contributed by atoms with E-state index in [4.69, 9.17) is 0 Å². The zero-order valence-corrected chi connectivity index (χ0v) is 18.3. The smallest absolute Gasteiger partial charge is 0.325 e. The summed E-state index contributed by atoms with van der Waals surface area (Å²) in [6, 6.07) is 9.50. The van der Waals surface area contributed by atoms with Crippen LogP contribution in [0.1, 0.15) is 71.3 Å². The Morgan fingerprint density at radius 2 is 1.73 bits per heavy atom. The molecule has 30 heavy (non-hydrogen) atoms. The molecule has 0 bridgehead atoms. The summed E-state index contributed by atoms with van der Waals surface area (Å²) in [5.41, 5.74) is 0.0764. The Labute approximate surface area is 178 Å². The molecule has 2 aliphatic carbocycles. The molecular formula is C24H33N3O3. The van der Waals surface area contributed by atoms with Crippen LogP contribution >= 0.6 is 0 Å². The zero-order valence-electron chi connectivity index (χ0n) is 18.3. The van der Waals surface area contributed by atoms with Crippen LogP contribution in [0.25, 0.3) is 0 Å². The van der Waals surface area contributed by atoms with E-state index in [9.17, 15) is 14.4 Å². The molecule has 0 aromatic heterocycles. The van der Waals surface area contributed by atoms with Crippen LogP contribution in [0.5, 0.6) is 0 Å². The van der Waals surface area contributed by atoms with Gasteiger partial charge in [-0.3, -0.25) is 14.5 Å². The minimum atomic E-state index is -0.827. The summed E-state index contributed by atoms with van der Waals surface area (Å²) in [7, 11) is 0. The Morgan fingerprint density at radius 3 is 2.27 bits per heavy atom. The minimum Gasteiger partial charge on any atom is -0.345 e. The average molecular weight is 412 g/mol. The van der Waals surface area contributed by atoms with Gasteiger partial charge in [0.05, 0.1) is 5.54 Å². The van der Waals surface area contributed by atoms with Gasteiger partial charge in [-0.2, -0.15) is 0 Å². The average Bonchev–Trinajstić information content (AvgIpc) is 2.89. The quantitative estimate of drug-likeness (QED) is 0.742. The molecule has 162 valence electrons. The maximum Gasteiger partial charge on any atom is 0.325 e. The van der Waals surface area contributed by atoms with Gasteiger partial charge in [-0.15, -0.1) is 0 Å². The molecule has 0 unspecified atom stereocenters. The highest BCUT2D eigenvalue weighted by Gasteiger charge is 2.54. The molecule has 2 N–H and O–H groups in total. The van der Waals surface area contributed by atoms with Gasteiger partial charge in [0, 0.05) is 0 Å². The SMILES string of the molecule is CC(C)(C)C1CCC2(CC1)NC(=O)N(CC(=O)NC1(c3ccccc3)CCC1)C2=O. The summed E-state index contributed by atoms with van der Waals surface area (Å²) in [6.45, 7) is 6.46. The van der Waals surface area contributed by atoms with Crippen LogP contribution in [0.4, 0.5) is 4.79 Å². The van der Waals surface area contributed by atoms with Gasteiger partial charge >= 0.3 is 6.03 Å². The van der Waals surface area contributed by atoms with Crippen molar-refractivity contribution >= 4 is 17.8 Å². The van der Waals surface area contributed by atoms with Gasteiger partial charge in [0.25, 0.3) is 5.91 Å². The lowest BCUT2D eigenvalue weighted by Crippen LogP contribution is -2.54. The first-order valence-electron chi connectivity index (χ1n) is 11.2. The predicted molar refractivity (Wildman–Crippen MR) is 115 cm³/mol. The lowest BCUT2D eigenvalue weighted by Gasteiger charge is -2.43. The second-order valence-electron chi connectivity index (χ2n) is 10.4. The third kappa shape index (κ3) is 3.61. The number of rotatable bonds is 4. The molecule has 4 rings (SSSR count). The fourth-order valence-corrected chi connectivity index (χ4v) is 5.36. The van der Waals surface area contributed by atoms with E-state index in [-0.39, 0.29) is 29.3 Å². The highest BCUT2D eigenvalue weighted by atomic mass is 16.2. The van der Waals surface area contributed by atoms with Gasteiger partial charge in [-0.25, -0.2) is 4.79 Å². The molecule has 4 amide bonds. The van der Waals surface area contributed by atoms with Crippen molar-refractivity contribution in [3.63, 3.8) is 0 Å². The normalized spacial score (nSPS) is 28.2. The largest absolute Gasteiger partial charge is 0.345 e. The van der Waals surface area contributed by atoms with Crippen LogP contribution in [-0.4, -0.2) is 34.8 Å². The van der Waals surface area contributed by atoms with E-state index in [1.807, 2.05) is 30.3 Å². The molecule has 6 nitrogen and oxygen atoms in total. The number of hydrogen-bond donors (Lipinski definition) is 2. The number of benzene rings is 1. The number of nitrogens with zero attached hydrogens (tertiary/aromatic N) is 1. The molecule has 1 saturated heterocycles. The number of imide groups is 1. The zero-order chi connectivity index (χ0) is 21.6. The maximum absolute atomic E-state index is 13.2. The van der Waals surface area contributed by atoms with Gasteiger partial charge < -0.3 is 10.6 Å². The first kappa shape index (κ1) is 20.9. The molecule has 0 radical (unpaired) electrons. The van der Waals surface area contributed by atoms with Gasteiger partial charge in [-0.05, 0) is 61.8 Å². The molecular weight excluding hydrogens is 378 g/mol. The summed E-state index contributed by atoms with van der Waals surface area (Å²) < 4.78 is 0. The Bertz CT molecular complexity index is 831. The van der Waals surface area contributed by atoms with Crippen LogP contribution in [0.2, 0.25) is 0 Å². The van der Waals surface area contributed by atoms with E-state index in [1.165, 1.54) is 0 Å². The van der Waals surface area contributed by atoms with E-state index >= 15 is 0 Å². The standard InChI is InChI=1S/C24H33N3O3/c1-22(2,3)17-10-14-24(15-11-17)20(29)27(21(30)26-24)16-19(28)25-23(12-7-13-23)18-8-5-4-6-9-18/h4-6,8-9,17H,7,10-16H2,1-3H3,(H,25,28)(H,26,30). The fraction of sp³-hybridized carbons (Fsp3) is 0.625. The Hall–Kier alpha value is -2.37. The molecule has 3 fully saturated rings. The third-order valence-corrected chi connectivity index (χ3v) is 7.52. The van der Waals surface area contributed by atoms with E-state index < -0.39 is 11.6 Å². The van der Waals surface area contributed by atoms with E-state index in [1.54, 1.807) is 0 Å². The summed E-state index contributed by atoms with van der Waals surface area (Å²) in [5, 5.41) is 6.05. The lowest BCUT2D eigenvalue weighted by molar-refractivity contribution is -0.137. The summed E-state index contributed by atoms with van der Waals surface area (Å²) in [6.07, 6.45) is 5.91. The van der Waals surface area contributed by atoms with Gasteiger partial charge in [-0.1, -0.05) is 51.1 Å². The Morgan fingerprint density at radius 1 is 1.10 bits per heavy atom. The molecule has 1 aromatic carbocycles. The van der Waals surface area contributed by atoms with E-state index in [0.29, 0.717) is 18.8 Å². The monoisotopic (exact) mass is 411 g/mol. The molecule has 2 saturated carbocycles. The second kappa shape index (κ2) is 7.40. The van der Waals surface area contributed by atoms with Crippen LogP contribution in [0, 0.1) is 11.3 Å². The Balaban J connectivity index is 1.41. The molecule has 6 heteroatoms. The molecule has 1 heterocycles. The molecule has 1 aromatic rings. The van der Waals surface area contributed by atoms with Crippen molar-refractivity contribution in [3.8, 4) is 0 Å². The highest BCUT2D eigenvalue weighted by Crippen LogP contribution is 2.44. The summed E-state index contributed by atoms with van der Waals surface area (Å²) >= 11 is 0. The number of nitrogens with one attached hydrogen (secondary N) is 2. The molecule has 1 aliphatic heterocycles. The summed E-state index contributed by atoms with van der Waals surface area (Å²) in [5.74, 6) is 0.0226. The number of carbonyl (C=O) groups is 3. The number of urea groups is 1. The summed E-state index contributed by atoms with van der Waals surface area (Å²) in [4.78, 5) is 39.7. The van der Waals surface area contributed by atoms with Crippen LogP contribution in [0.15, 0.2) is 30.3 Å². The van der Waals surface area contributed by atoms with Crippen molar-refractivity contribution in [2.45, 2.75) is 76.8 Å². The Kier molecular flexibility index (Phi) is 5.15. The lowest BCUT2D eigenvalue weighted by atomic mass is 9.67. The van der Waals surface area contributed by atoms with Crippen molar-refractivity contribution in [3.05, 3.63) is 35.9 Å². The van der Waals surface area contributed by atoms with Crippen LogP contribution < -0.4 is 10.6 Å². The highest BCUT2D eigenvalue weighted by molar-refractivity contribution is 6.09. The predicted octanol–water partition coefficient (Wildman–Crippen LogP) is 3.71. The molecule has 0 atom stereocenters. The van der Waals surface area contributed by atoms with E-state index in [2.05, 4.69) is 31.4 Å². The molecule has 1 spiro atoms. The number of carbonyl (C=O) groups excluding carboxylic acids is 3. The van der Waals surface area contributed by atoms with Crippen molar-refractivity contribution in [2.75, 3.05) is 6.54 Å². The molecule has 3 aliphatic rings. The van der Waals surface area contributed by atoms with Gasteiger partial charge in [0.2, 0.25) is 5.91 Å². The first-order chi connectivity index (χ1) is 14.2. The number of amides is 4. The van der Waals surface area contributed by atoms with Crippen molar-refractivity contribution in [2.24, 2.45) is 11.3 Å². The van der Waals surface area contributed by atoms with Gasteiger partial charge in [0.15, 0.2) is 0 Å². The van der Waals surface area contributed by atoms with Crippen molar-refractivity contribution < 1.29 is 14.4 Å². The van der Waals surface area contributed by atoms with Crippen molar-refractivity contribution in [1.29, 1.82) is 0 Å². The first-order valence-corrected chi connectivity index (χ1v) is 11.2. The van der Waals surface area contributed by atoms with E-state index in [0.717, 1.165) is 42.6 Å². The topological polar surface area (TPSA) is 78.5 Å². The van der Waals surface area contributed by atoms with Crippen LogP contribution in [-0.2, 0) is 15.1 Å².